The van der Waals surface area contributed by atoms with Crippen LogP contribution in [-0.4, -0.2) is 41.8 Å². The summed E-state index contributed by atoms with van der Waals surface area (Å²) in [6, 6.07) is 3.98. The van der Waals surface area contributed by atoms with Crippen molar-refractivity contribution < 1.29 is 19.6 Å². The second kappa shape index (κ2) is 6.53. The van der Waals surface area contributed by atoms with Crippen LogP contribution in [-0.2, 0) is 4.74 Å². The van der Waals surface area contributed by atoms with E-state index in [2.05, 4.69) is 0 Å². The van der Waals surface area contributed by atoms with Crippen LogP contribution in [0.15, 0.2) is 18.2 Å². The maximum absolute atomic E-state index is 11.3. The number of benzene rings is 1. The highest BCUT2D eigenvalue weighted by molar-refractivity contribution is 5.95. The lowest BCUT2D eigenvalue weighted by Crippen LogP contribution is -2.37. The normalized spacial score (nSPS) is 16.0. The molecule has 1 heterocycles. The van der Waals surface area contributed by atoms with E-state index in [1.165, 1.54) is 12.1 Å². The molecule has 1 fully saturated rings. The Morgan fingerprint density at radius 2 is 2.14 bits per heavy atom. The van der Waals surface area contributed by atoms with Crippen LogP contribution in [0.3, 0.4) is 0 Å². The molecule has 0 spiro atoms. The molecule has 7 heteroatoms. The van der Waals surface area contributed by atoms with Gasteiger partial charge in [0.25, 0.3) is 5.69 Å². The number of anilines is 1. The Labute approximate surface area is 122 Å². The van der Waals surface area contributed by atoms with E-state index in [1.54, 1.807) is 0 Å². The van der Waals surface area contributed by atoms with Gasteiger partial charge in [-0.05, 0) is 25.8 Å². The number of nitro benzene ring substituents is 1. The van der Waals surface area contributed by atoms with Crippen molar-refractivity contribution in [2.24, 2.45) is 0 Å². The van der Waals surface area contributed by atoms with E-state index >= 15 is 0 Å². The zero-order chi connectivity index (χ0) is 15.4. The predicted octanol–water partition coefficient (Wildman–Crippen LogP) is 2.30. The van der Waals surface area contributed by atoms with Gasteiger partial charge in [0.2, 0.25) is 0 Å². The van der Waals surface area contributed by atoms with Crippen molar-refractivity contribution in [3.8, 4) is 0 Å². The predicted molar refractivity (Wildman–Crippen MR) is 76.9 cm³/mol. The van der Waals surface area contributed by atoms with Crippen LogP contribution in [0.1, 0.15) is 30.1 Å². The van der Waals surface area contributed by atoms with Gasteiger partial charge in [-0.15, -0.1) is 0 Å². The third-order valence-corrected chi connectivity index (χ3v) is 3.61. The number of aromatic carboxylic acids is 1. The third kappa shape index (κ3) is 3.49. The lowest BCUT2D eigenvalue weighted by Gasteiger charge is -2.34. The number of carboxylic acids is 1. The first kappa shape index (κ1) is 15.2. The van der Waals surface area contributed by atoms with Gasteiger partial charge in [-0.2, -0.15) is 0 Å². The average molecular weight is 294 g/mol. The van der Waals surface area contributed by atoms with Gasteiger partial charge < -0.3 is 14.7 Å². The van der Waals surface area contributed by atoms with Crippen LogP contribution in [0.4, 0.5) is 11.4 Å². The molecule has 0 unspecified atom stereocenters. The van der Waals surface area contributed by atoms with Crippen molar-refractivity contribution in [1.29, 1.82) is 0 Å². The molecular weight excluding hydrogens is 276 g/mol. The Kier molecular flexibility index (Phi) is 4.74. The minimum Gasteiger partial charge on any atom is -0.478 e. The van der Waals surface area contributed by atoms with E-state index in [4.69, 9.17) is 4.74 Å². The van der Waals surface area contributed by atoms with Crippen LogP contribution in [0.5, 0.6) is 0 Å². The maximum atomic E-state index is 11.3. The second-order valence-corrected chi connectivity index (χ2v) is 4.91. The number of non-ortho nitro benzene ring substituents is 1. The monoisotopic (exact) mass is 294 g/mol. The largest absolute Gasteiger partial charge is 0.478 e. The molecule has 7 nitrogen and oxygen atoms in total. The summed E-state index contributed by atoms with van der Waals surface area (Å²) >= 11 is 0. The van der Waals surface area contributed by atoms with Crippen molar-refractivity contribution in [3.05, 3.63) is 33.9 Å². The zero-order valence-corrected chi connectivity index (χ0v) is 11.8. The number of hydrogen-bond acceptors (Lipinski definition) is 5. The molecule has 21 heavy (non-hydrogen) atoms. The summed E-state index contributed by atoms with van der Waals surface area (Å²) in [6.45, 7) is 3.99. The lowest BCUT2D eigenvalue weighted by molar-refractivity contribution is -0.384. The van der Waals surface area contributed by atoms with Crippen LogP contribution >= 0.6 is 0 Å². The van der Waals surface area contributed by atoms with Gasteiger partial charge in [-0.1, -0.05) is 0 Å². The topological polar surface area (TPSA) is 92.9 Å². The van der Waals surface area contributed by atoms with Crippen molar-refractivity contribution in [2.75, 3.05) is 24.6 Å². The SMILES string of the molecule is CCOC1CCN(c2ccc([N+](=O)[O-])cc2C(=O)O)CC1. The molecule has 1 N–H and O–H groups in total. The summed E-state index contributed by atoms with van der Waals surface area (Å²) in [5, 5.41) is 20.0. The summed E-state index contributed by atoms with van der Waals surface area (Å²) in [5.41, 5.74) is 0.294. The van der Waals surface area contributed by atoms with Crippen molar-refractivity contribution in [1.82, 2.24) is 0 Å². The van der Waals surface area contributed by atoms with Crippen molar-refractivity contribution in [3.63, 3.8) is 0 Å². The first-order valence-corrected chi connectivity index (χ1v) is 6.91. The first-order chi connectivity index (χ1) is 10.0. The molecule has 0 saturated carbocycles. The van der Waals surface area contributed by atoms with E-state index in [9.17, 15) is 20.0 Å². The summed E-state index contributed by atoms with van der Waals surface area (Å²) < 4.78 is 5.56. The molecule has 0 bridgehead atoms. The highest BCUT2D eigenvalue weighted by Crippen LogP contribution is 2.28. The molecule has 1 aliphatic rings. The highest BCUT2D eigenvalue weighted by atomic mass is 16.6. The molecule has 0 amide bonds. The molecule has 2 rings (SSSR count). The Hall–Kier alpha value is -2.15. The fourth-order valence-corrected chi connectivity index (χ4v) is 2.58. The molecule has 1 aromatic carbocycles. The van der Waals surface area contributed by atoms with E-state index in [1.807, 2.05) is 11.8 Å². The van der Waals surface area contributed by atoms with Gasteiger partial charge >= 0.3 is 5.97 Å². The molecule has 0 aromatic heterocycles. The summed E-state index contributed by atoms with van der Waals surface area (Å²) in [4.78, 5) is 23.5. The Bertz CT molecular complexity index is 538. The molecule has 1 aromatic rings. The zero-order valence-electron chi connectivity index (χ0n) is 11.8. The van der Waals surface area contributed by atoms with Gasteiger partial charge in [0.1, 0.15) is 0 Å². The van der Waals surface area contributed by atoms with Crippen LogP contribution in [0.2, 0.25) is 0 Å². The van der Waals surface area contributed by atoms with E-state index < -0.39 is 10.9 Å². The quantitative estimate of drug-likeness (QED) is 0.661. The van der Waals surface area contributed by atoms with Crippen molar-refractivity contribution in [2.45, 2.75) is 25.9 Å². The Balaban J connectivity index is 2.20. The number of nitrogens with zero attached hydrogens (tertiary/aromatic N) is 2. The maximum Gasteiger partial charge on any atom is 0.338 e. The lowest BCUT2D eigenvalue weighted by atomic mass is 10.0. The number of carbonyl (C=O) groups is 1. The molecule has 0 radical (unpaired) electrons. The highest BCUT2D eigenvalue weighted by Gasteiger charge is 2.24. The number of rotatable bonds is 5. The second-order valence-electron chi connectivity index (χ2n) is 4.91. The summed E-state index contributed by atoms with van der Waals surface area (Å²) in [5.74, 6) is -1.15. The molecule has 0 aliphatic carbocycles. The summed E-state index contributed by atoms with van der Waals surface area (Å²) in [6.07, 6.45) is 1.85. The number of ether oxygens (including phenoxy) is 1. The van der Waals surface area contributed by atoms with E-state index in [-0.39, 0.29) is 17.4 Å². The van der Waals surface area contributed by atoms with Crippen molar-refractivity contribution >= 4 is 17.3 Å². The molecule has 1 saturated heterocycles. The van der Waals surface area contributed by atoms with Gasteiger partial charge in [-0.3, -0.25) is 10.1 Å². The molecule has 0 atom stereocenters. The standard InChI is InChI=1S/C14H18N2O5/c1-2-21-11-5-7-15(8-6-11)13-4-3-10(16(19)20)9-12(13)14(17)18/h3-4,9,11H,2,5-8H2,1H3,(H,17,18). The smallest absolute Gasteiger partial charge is 0.338 e. The van der Waals surface area contributed by atoms with Gasteiger partial charge in [0, 0.05) is 31.8 Å². The molecular formula is C14H18N2O5. The molecule has 1 aliphatic heterocycles. The number of piperidine rings is 1. The fraction of sp³-hybridized carbons (Fsp3) is 0.500. The van der Waals surface area contributed by atoms with Gasteiger partial charge in [-0.25, -0.2) is 4.79 Å². The van der Waals surface area contributed by atoms with Crippen LogP contribution in [0, 0.1) is 10.1 Å². The van der Waals surface area contributed by atoms with E-state index in [0.717, 1.165) is 18.9 Å². The fourth-order valence-electron chi connectivity index (χ4n) is 2.58. The summed E-state index contributed by atoms with van der Waals surface area (Å²) in [7, 11) is 0. The van der Waals surface area contributed by atoms with Gasteiger partial charge in [0.05, 0.1) is 22.3 Å². The molecule has 114 valence electrons. The average Bonchev–Trinajstić information content (AvgIpc) is 2.47. The Morgan fingerprint density at radius 3 is 2.67 bits per heavy atom. The van der Waals surface area contributed by atoms with E-state index in [0.29, 0.717) is 25.4 Å². The minimum absolute atomic E-state index is 0.0286. The third-order valence-electron chi connectivity index (χ3n) is 3.61. The van der Waals surface area contributed by atoms with Crippen LogP contribution in [0.25, 0.3) is 0 Å². The number of nitro groups is 1. The Morgan fingerprint density at radius 1 is 1.48 bits per heavy atom. The number of hydrogen-bond donors (Lipinski definition) is 1. The van der Waals surface area contributed by atoms with Gasteiger partial charge in [0.15, 0.2) is 0 Å². The van der Waals surface area contributed by atoms with Crippen LogP contribution < -0.4 is 4.90 Å². The minimum atomic E-state index is -1.15. The number of carboxylic acid groups (broad SMARTS) is 1. The first-order valence-electron chi connectivity index (χ1n) is 6.91.